The fourth-order valence-corrected chi connectivity index (χ4v) is 7.56. The van der Waals surface area contributed by atoms with Crippen LogP contribution < -0.4 is 0 Å². The van der Waals surface area contributed by atoms with Crippen LogP contribution in [0.3, 0.4) is 0 Å². The monoisotopic (exact) mass is 521 g/mol. The second kappa shape index (κ2) is 8.55. The molecule has 3 heterocycles. The van der Waals surface area contributed by atoms with E-state index in [4.69, 9.17) is 15.0 Å². The van der Waals surface area contributed by atoms with E-state index < -0.39 is 0 Å². The Bertz CT molecular complexity index is 2140. The molecule has 0 atom stereocenters. The van der Waals surface area contributed by atoms with E-state index in [-0.39, 0.29) is 0 Å². The van der Waals surface area contributed by atoms with Crippen LogP contribution in [0.1, 0.15) is 0 Å². The minimum absolute atomic E-state index is 0.681. The molecule has 5 aromatic carbocycles. The zero-order valence-corrected chi connectivity index (χ0v) is 21.8. The lowest BCUT2D eigenvalue weighted by atomic mass is 10.1. The maximum absolute atomic E-state index is 5.15. The third-order valence-electron chi connectivity index (χ3n) is 6.96. The van der Waals surface area contributed by atoms with Crippen molar-refractivity contribution < 1.29 is 0 Å². The van der Waals surface area contributed by atoms with Crippen LogP contribution in [0.25, 0.3) is 74.5 Å². The maximum atomic E-state index is 5.15. The summed E-state index contributed by atoms with van der Waals surface area (Å²) in [6.07, 6.45) is 0. The first-order chi connectivity index (χ1) is 18.8. The quantitative estimate of drug-likeness (QED) is 0.232. The van der Waals surface area contributed by atoms with Gasteiger partial charge in [-0.3, -0.25) is 0 Å². The van der Waals surface area contributed by atoms with Gasteiger partial charge in [-0.1, -0.05) is 91.0 Å². The molecule has 0 N–H and O–H groups in total. The summed E-state index contributed by atoms with van der Waals surface area (Å²) < 4.78 is 4.96. The fraction of sp³-hybridized carbons (Fsp3) is 0. The molecular weight excluding hydrogens is 503 g/mol. The van der Waals surface area contributed by atoms with E-state index >= 15 is 0 Å². The van der Waals surface area contributed by atoms with Crippen LogP contribution in [0.4, 0.5) is 0 Å². The van der Waals surface area contributed by atoms with Crippen molar-refractivity contribution in [3.63, 3.8) is 0 Å². The van der Waals surface area contributed by atoms with E-state index in [1.807, 2.05) is 18.2 Å². The molecule has 0 saturated carbocycles. The molecule has 0 aliphatic heterocycles. The highest BCUT2D eigenvalue weighted by Gasteiger charge is 2.18. The van der Waals surface area contributed by atoms with Crippen LogP contribution in [0, 0.1) is 0 Å². The molecule has 0 unspecified atom stereocenters. The Balaban J connectivity index is 1.44. The Morgan fingerprint density at radius 1 is 0.395 bits per heavy atom. The van der Waals surface area contributed by atoms with Crippen LogP contribution >= 0.6 is 22.7 Å². The van der Waals surface area contributed by atoms with E-state index in [9.17, 15) is 0 Å². The summed E-state index contributed by atoms with van der Waals surface area (Å²) in [5.41, 5.74) is 3.04. The molecule has 8 rings (SSSR count). The highest BCUT2D eigenvalue weighted by atomic mass is 32.1. The molecule has 0 spiro atoms. The minimum Gasteiger partial charge on any atom is -0.208 e. The van der Waals surface area contributed by atoms with Gasteiger partial charge in [0.25, 0.3) is 0 Å². The number of thiophene rings is 2. The van der Waals surface area contributed by atoms with Crippen molar-refractivity contribution in [3.05, 3.63) is 115 Å². The van der Waals surface area contributed by atoms with Crippen LogP contribution in [-0.2, 0) is 0 Å². The number of hydrogen-bond acceptors (Lipinski definition) is 5. The first-order valence-electron chi connectivity index (χ1n) is 12.5. The number of hydrogen-bond donors (Lipinski definition) is 0. The van der Waals surface area contributed by atoms with E-state index in [0.29, 0.717) is 17.5 Å². The lowest BCUT2D eigenvalue weighted by Crippen LogP contribution is -2.00. The van der Waals surface area contributed by atoms with Crippen molar-refractivity contribution in [2.75, 3.05) is 0 Å². The van der Waals surface area contributed by atoms with Crippen LogP contribution in [0.5, 0.6) is 0 Å². The standard InChI is InChI=1S/C33H19N3S2/c1-2-10-20(11-3-1)31-34-32(24-15-9-19-28-29(24)23-13-5-7-18-27(23)37-28)36-33(35-31)25-16-8-14-22-21-12-4-6-17-26(21)38-30(22)25/h1-19H. The average molecular weight is 522 g/mol. The molecule has 0 saturated heterocycles. The van der Waals surface area contributed by atoms with Crippen molar-refractivity contribution in [2.45, 2.75) is 0 Å². The summed E-state index contributed by atoms with van der Waals surface area (Å²) in [6, 6.07) is 40.2. The Morgan fingerprint density at radius 3 is 1.82 bits per heavy atom. The smallest absolute Gasteiger partial charge is 0.165 e. The molecule has 0 amide bonds. The predicted molar refractivity (Wildman–Crippen MR) is 162 cm³/mol. The number of benzene rings is 5. The summed E-state index contributed by atoms with van der Waals surface area (Å²) >= 11 is 3.60. The van der Waals surface area contributed by atoms with Gasteiger partial charge in [-0.25, -0.2) is 15.0 Å². The van der Waals surface area contributed by atoms with Gasteiger partial charge in [0.2, 0.25) is 0 Å². The van der Waals surface area contributed by atoms with Gasteiger partial charge in [0.1, 0.15) is 0 Å². The van der Waals surface area contributed by atoms with E-state index in [1.165, 1.54) is 40.3 Å². The predicted octanol–water partition coefficient (Wildman–Crippen LogP) is 9.61. The van der Waals surface area contributed by atoms with Gasteiger partial charge in [-0.2, -0.15) is 0 Å². The Morgan fingerprint density at radius 2 is 0.974 bits per heavy atom. The normalized spacial score (nSPS) is 11.7. The minimum atomic E-state index is 0.681. The lowest BCUT2D eigenvalue weighted by Gasteiger charge is -2.10. The van der Waals surface area contributed by atoms with Gasteiger partial charge in [0, 0.05) is 57.0 Å². The Kier molecular flexibility index (Phi) is 4.87. The zero-order chi connectivity index (χ0) is 25.1. The second-order valence-corrected chi connectivity index (χ2v) is 11.4. The van der Waals surface area contributed by atoms with Gasteiger partial charge in [0.05, 0.1) is 0 Å². The Hall–Kier alpha value is -4.45. The summed E-state index contributed by atoms with van der Waals surface area (Å²) in [5, 5.41) is 4.93. The van der Waals surface area contributed by atoms with Crippen LogP contribution in [0.2, 0.25) is 0 Å². The first kappa shape index (κ1) is 21.6. The molecule has 0 bridgehead atoms. The van der Waals surface area contributed by atoms with Crippen LogP contribution in [-0.4, -0.2) is 15.0 Å². The highest BCUT2D eigenvalue weighted by Crippen LogP contribution is 2.41. The highest BCUT2D eigenvalue weighted by molar-refractivity contribution is 7.26. The molecule has 3 nitrogen and oxygen atoms in total. The molecule has 38 heavy (non-hydrogen) atoms. The molecule has 3 aromatic heterocycles. The maximum Gasteiger partial charge on any atom is 0.165 e. The third-order valence-corrected chi connectivity index (χ3v) is 9.31. The molecule has 178 valence electrons. The van der Waals surface area contributed by atoms with E-state index in [1.54, 1.807) is 22.7 Å². The van der Waals surface area contributed by atoms with Crippen molar-refractivity contribution in [1.82, 2.24) is 15.0 Å². The molecule has 0 aliphatic carbocycles. The lowest BCUT2D eigenvalue weighted by molar-refractivity contribution is 1.08. The van der Waals surface area contributed by atoms with Crippen molar-refractivity contribution >= 4 is 63.0 Å². The summed E-state index contributed by atoms with van der Waals surface area (Å²) in [6.45, 7) is 0. The van der Waals surface area contributed by atoms with E-state index in [0.717, 1.165) is 16.7 Å². The summed E-state index contributed by atoms with van der Waals surface area (Å²) in [5.74, 6) is 2.07. The van der Waals surface area contributed by atoms with Gasteiger partial charge in [0.15, 0.2) is 17.5 Å². The number of aromatic nitrogens is 3. The molecule has 8 aromatic rings. The van der Waals surface area contributed by atoms with Gasteiger partial charge in [-0.15, -0.1) is 22.7 Å². The van der Waals surface area contributed by atoms with Gasteiger partial charge in [-0.05, 0) is 24.3 Å². The SMILES string of the molecule is c1ccc(-c2nc(-c3cccc4c3sc3ccccc34)nc(-c3cccc4sc5ccccc5c34)n2)cc1. The second-order valence-electron chi connectivity index (χ2n) is 9.23. The molecule has 0 aliphatic rings. The Labute approximate surface area is 226 Å². The molecule has 5 heteroatoms. The van der Waals surface area contributed by atoms with E-state index in [2.05, 4.69) is 97.1 Å². The number of rotatable bonds is 3. The topological polar surface area (TPSA) is 38.7 Å². The van der Waals surface area contributed by atoms with Crippen molar-refractivity contribution in [2.24, 2.45) is 0 Å². The molecular formula is C33H19N3S2. The van der Waals surface area contributed by atoms with Gasteiger partial charge < -0.3 is 0 Å². The summed E-state index contributed by atoms with van der Waals surface area (Å²) in [4.78, 5) is 15.2. The molecule has 0 fully saturated rings. The van der Waals surface area contributed by atoms with Crippen molar-refractivity contribution in [1.29, 1.82) is 0 Å². The average Bonchev–Trinajstić information content (AvgIpc) is 3.56. The van der Waals surface area contributed by atoms with Crippen LogP contribution in [0.15, 0.2) is 115 Å². The largest absolute Gasteiger partial charge is 0.208 e. The van der Waals surface area contributed by atoms with Crippen molar-refractivity contribution in [3.8, 4) is 34.2 Å². The van der Waals surface area contributed by atoms with Gasteiger partial charge >= 0.3 is 0 Å². The third kappa shape index (κ3) is 3.36. The molecule has 0 radical (unpaired) electrons. The zero-order valence-electron chi connectivity index (χ0n) is 20.1. The fourth-order valence-electron chi connectivity index (χ4n) is 5.22. The number of fused-ring (bicyclic) bond motifs is 6. The number of nitrogens with zero attached hydrogens (tertiary/aromatic N) is 3. The summed E-state index contributed by atoms with van der Waals surface area (Å²) in [7, 11) is 0. The first-order valence-corrected chi connectivity index (χ1v) is 14.1.